The van der Waals surface area contributed by atoms with Crippen LogP contribution in [0.5, 0.6) is 0 Å². The highest BCUT2D eigenvalue weighted by Gasteiger charge is 2.21. The zero-order valence-electron chi connectivity index (χ0n) is 11.7. The molecule has 19 heavy (non-hydrogen) atoms. The molecule has 0 aliphatic carbocycles. The molecule has 0 bridgehead atoms. The Morgan fingerprint density at radius 3 is 2.63 bits per heavy atom. The van der Waals surface area contributed by atoms with Crippen LogP contribution in [0, 0.1) is 5.92 Å². The second kappa shape index (κ2) is 5.93. The lowest BCUT2D eigenvalue weighted by Crippen LogP contribution is -2.35. The van der Waals surface area contributed by atoms with Crippen LogP contribution >= 0.6 is 0 Å². The van der Waals surface area contributed by atoms with Gasteiger partial charge in [-0.2, -0.15) is 0 Å². The number of rotatable bonds is 6. The molecular formula is C14H23N3O2. The maximum Gasteiger partial charge on any atom is 0.248 e. The van der Waals surface area contributed by atoms with Crippen molar-refractivity contribution < 1.29 is 9.90 Å². The van der Waals surface area contributed by atoms with Crippen molar-refractivity contribution in [3.63, 3.8) is 0 Å². The van der Waals surface area contributed by atoms with E-state index in [0.29, 0.717) is 35.8 Å². The number of primary amides is 1. The highest BCUT2D eigenvalue weighted by molar-refractivity contribution is 5.94. The predicted molar refractivity (Wildman–Crippen MR) is 77.9 cm³/mol. The number of nitrogens with one attached hydrogen (secondary N) is 1. The van der Waals surface area contributed by atoms with Gasteiger partial charge in [-0.05, 0) is 37.5 Å². The minimum Gasteiger partial charge on any atom is -0.397 e. The molecule has 0 aliphatic rings. The first-order valence-corrected chi connectivity index (χ1v) is 6.37. The van der Waals surface area contributed by atoms with Gasteiger partial charge in [-0.15, -0.1) is 0 Å². The summed E-state index contributed by atoms with van der Waals surface area (Å²) in [5.74, 6) is -0.108. The Balaban J connectivity index is 2.77. The van der Waals surface area contributed by atoms with Gasteiger partial charge in [0, 0.05) is 12.1 Å². The van der Waals surface area contributed by atoms with Crippen molar-refractivity contribution in [2.45, 2.75) is 32.8 Å². The van der Waals surface area contributed by atoms with Crippen LogP contribution in [0.2, 0.25) is 0 Å². The first-order valence-electron chi connectivity index (χ1n) is 6.37. The van der Waals surface area contributed by atoms with Crippen LogP contribution in [-0.2, 0) is 0 Å². The Morgan fingerprint density at radius 1 is 1.47 bits per heavy atom. The zero-order valence-corrected chi connectivity index (χ0v) is 11.7. The number of amides is 1. The number of nitrogens with two attached hydrogens (primary N) is 2. The number of hydrogen-bond acceptors (Lipinski definition) is 4. The lowest BCUT2D eigenvalue weighted by molar-refractivity contribution is 0.0515. The Labute approximate surface area is 114 Å². The summed E-state index contributed by atoms with van der Waals surface area (Å²) in [5, 5.41) is 13.3. The minimum absolute atomic E-state index is 0.359. The molecule has 0 aromatic heterocycles. The number of nitrogen functional groups attached to an aromatic ring is 1. The lowest BCUT2D eigenvalue weighted by Gasteiger charge is -2.26. The number of aliphatic hydroxyl groups is 1. The van der Waals surface area contributed by atoms with Crippen molar-refractivity contribution in [1.29, 1.82) is 0 Å². The van der Waals surface area contributed by atoms with Gasteiger partial charge in [0.1, 0.15) is 0 Å². The third kappa shape index (κ3) is 4.79. The van der Waals surface area contributed by atoms with Crippen LogP contribution in [-0.4, -0.2) is 23.2 Å². The third-order valence-corrected chi connectivity index (χ3v) is 2.85. The summed E-state index contributed by atoms with van der Waals surface area (Å²) in [6.07, 6.45) is 0.676. The van der Waals surface area contributed by atoms with Crippen LogP contribution < -0.4 is 16.8 Å². The highest BCUT2D eigenvalue weighted by atomic mass is 16.3. The molecule has 106 valence electrons. The second-order valence-electron chi connectivity index (χ2n) is 5.61. The standard InChI is InChI=1S/C14H23N3O2/c1-9(2)7-14(3,19)8-17-12-6-10(13(16)18)4-5-11(12)15/h4-6,9,17,19H,7-8,15H2,1-3H3,(H2,16,18). The maximum atomic E-state index is 11.1. The average molecular weight is 265 g/mol. The fourth-order valence-electron chi connectivity index (χ4n) is 2.10. The first-order chi connectivity index (χ1) is 8.71. The molecule has 0 spiro atoms. The molecular weight excluding hydrogens is 242 g/mol. The topological polar surface area (TPSA) is 101 Å². The number of carbonyl (C=O) groups excluding carboxylic acids is 1. The summed E-state index contributed by atoms with van der Waals surface area (Å²) in [5.41, 5.74) is 11.7. The number of anilines is 2. The van der Waals surface area contributed by atoms with Crippen molar-refractivity contribution in [2.75, 3.05) is 17.6 Å². The van der Waals surface area contributed by atoms with E-state index in [1.54, 1.807) is 25.1 Å². The van der Waals surface area contributed by atoms with Gasteiger partial charge in [0.05, 0.1) is 17.0 Å². The highest BCUT2D eigenvalue weighted by Crippen LogP contribution is 2.22. The fraction of sp³-hybridized carbons (Fsp3) is 0.500. The van der Waals surface area contributed by atoms with Crippen LogP contribution in [0.25, 0.3) is 0 Å². The van der Waals surface area contributed by atoms with Gasteiger partial charge in [-0.3, -0.25) is 4.79 Å². The van der Waals surface area contributed by atoms with Gasteiger partial charge in [0.25, 0.3) is 0 Å². The molecule has 1 amide bonds. The van der Waals surface area contributed by atoms with Gasteiger partial charge in [-0.25, -0.2) is 0 Å². The molecule has 1 aromatic carbocycles. The first kappa shape index (κ1) is 15.3. The Morgan fingerprint density at radius 2 is 2.11 bits per heavy atom. The maximum absolute atomic E-state index is 11.1. The molecule has 0 radical (unpaired) electrons. The molecule has 0 aliphatic heterocycles. The Hall–Kier alpha value is -1.75. The SMILES string of the molecule is CC(C)CC(C)(O)CNc1cc(C(N)=O)ccc1N. The molecule has 0 fully saturated rings. The normalized spacial score (nSPS) is 14.2. The molecule has 6 N–H and O–H groups in total. The molecule has 0 saturated carbocycles. The fourth-order valence-corrected chi connectivity index (χ4v) is 2.10. The van der Waals surface area contributed by atoms with E-state index < -0.39 is 11.5 Å². The Kier molecular flexibility index (Phi) is 4.78. The number of carbonyl (C=O) groups is 1. The van der Waals surface area contributed by atoms with Crippen LogP contribution in [0.15, 0.2) is 18.2 Å². The smallest absolute Gasteiger partial charge is 0.248 e. The molecule has 5 nitrogen and oxygen atoms in total. The molecule has 0 heterocycles. The van der Waals surface area contributed by atoms with Gasteiger partial charge in [-0.1, -0.05) is 13.8 Å². The van der Waals surface area contributed by atoms with Crippen LogP contribution in [0.3, 0.4) is 0 Å². The summed E-state index contributed by atoms with van der Waals surface area (Å²) in [6, 6.07) is 4.80. The summed E-state index contributed by atoms with van der Waals surface area (Å²) < 4.78 is 0. The van der Waals surface area contributed by atoms with Crippen molar-refractivity contribution in [3.8, 4) is 0 Å². The van der Waals surface area contributed by atoms with Crippen molar-refractivity contribution >= 4 is 17.3 Å². The summed E-state index contributed by atoms with van der Waals surface area (Å²) in [7, 11) is 0. The van der Waals surface area contributed by atoms with E-state index in [0.717, 1.165) is 0 Å². The van der Waals surface area contributed by atoms with E-state index in [1.807, 2.05) is 0 Å². The average Bonchev–Trinajstić information content (AvgIpc) is 2.25. The van der Waals surface area contributed by atoms with E-state index in [-0.39, 0.29) is 0 Å². The quantitative estimate of drug-likeness (QED) is 0.586. The van der Waals surface area contributed by atoms with Gasteiger partial charge in [0.15, 0.2) is 0 Å². The predicted octanol–water partition coefficient (Wildman–Crippen LogP) is 1.58. The van der Waals surface area contributed by atoms with Crippen molar-refractivity contribution in [2.24, 2.45) is 11.7 Å². The monoisotopic (exact) mass is 265 g/mol. The van der Waals surface area contributed by atoms with Gasteiger partial charge >= 0.3 is 0 Å². The van der Waals surface area contributed by atoms with E-state index in [4.69, 9.17) is 11.5 Å². The number of hydrogen-bond donors (Lipinski definition) is 4. The van der Waals surface area contributed by atoms with E-state index in [2.05, 4.69) is 19.2 Å². The molecule has 5 heteroatoms. The number of benzene rings is 1. The summed E-state index contributed by atoms with van der Waals surface area (Å²) in [4.78, 5) is 11.1. The van der Waals surface area contributed by atoms with Crippen LogP contribution in [0.1, 0.15) is 37.6 Å². The summed E-state index contributed by atoms with van der Waals surface area (Å²) in [6.45, 7) is 6.23. The van der Waals surface area contributed by atoms with Gasteiger partial charge < -0.3 is 21.9 Å². The van der Waals surface area contributed by atoms with Crippen LogP contribution in [0.4, 0.5) is 11.4 Å². The second-order valence-corrected chi connectivity index (χ2v) is 5.61. The lowest BCUT2D eigenvalue weighted by atomic mass is 9.94. The molecule has 1 unspecified atom stereocenters. The van der Waals surface area contributed by atoms with E-state index >= 15 is 0 Å². The Bertz CT molecular complexity index is 456. The minimum atomic E-state index is -0.830. The zero-order chi connectivity index (χ0) is 14.6. The van der Waals surface area contributed by atoms with E-state index in [9.17, 15) is 9.90 Å². The summed E-state index contributed by atoms with van der Waals surface area (Å²) >= 11 is 0. The van der Waals surface area contributed by atoms with Crippen molar-refractivity contribution in [3.05, 3.63) is 23.8 Å². The van der Waals surface area contributed by atoms with Gasteiger partial charge in [0.2, 0.25) is 5.91 Å². The largest absolute Gasteiger partial charge is 0.397 e. The molecule has 1 aromatic rings. The molecule has 1 rings (SSSR count). The molecule has 1 atom stereocenters. The third-order valence-electron chi connectivity index (χ3n) is 2.85. The van der Waals surface area contributed by atoms with Crippen molar-refractivity contribution in [1.82, 2.24) is 0 Å². The molecule has 0 saturated heterocycles. The van der Waals surface area contributed by atoms with E-state index in [1.165, 1.54) is 0 Å².